The topological polar surface area (TPSA) is 86.8 Å². The van der Waals surface area contributed by atoms with Crippen LogP contribution >= 0.6 is 0 Å². The molecule has 1 N–H and O–H groups in total. The lowest BCUT2D eigenvalue weighted by Gasteiger charge is -2.47. The second-order valence-electron chi connectivity index (χ2n) is 8.88. The standard InChI is InChI=1S/C24H28FN3O4S/c1-24(23(30)26-19-10-4-2-5-11-19)17-27(33(31,32)21-13-6-3-7-14-21)16-22(29)28(24)20-12-8-9-18(25)15-20/h3,6-9,12-15,19H,2,4-5,10-11,16-17H2,1H3,(H,26,30)/t24-/m1/s1. The van der Waals surface area contributed by atoms with Crippen LogP contribution in [0.1, 0.15) is 39.0 Å². The van der Waals surface area contributed by atoms with Gasteiger partial charge in [-0.1, -0.05) is 43.5 Å². The number of nitrogens with zero attached hydrogens (tertiary/aromatic N) is 2. The maximum Gasteiger partial charge on any atom is 0.247 e. The molecule has 176 valence electrons. The van der Waals surface area contributed by atoms with Crippen LogP contribution in [0.2, 0.25) is 0 Å². The Morgan fingerprint density at radius 1 is 1.06 bits per heavy atom. The Hall–Kier alpha value is -2.78. The lowest BCUT2D eigenvalue weighted by atomic mass is 9.91. The van der Waals surface area contributed by atoms with E-state index in [-0.39, 0.29) is 23.2 Å². The average Bonchev–Trinajstić information content (AvgIpc) is 2.80. The SMILES string of the molecule is C[C@]1(C(=O)NC2CCCCC2)CN(S(=O)(=O)c2ccccc2)CC(=O)N1c1cccc(F)c1. The number of rotatable bonds is 5. The predicted octanol–water partition coefficient (Wildman–Crippen LogP) is 3.07. The molecule has 2 fully saturated rings. The van der Waals surface area contributed by atoms with E-state index >= 15 is 0 Å². The van der Waals surface area contributed by atoms with E-state index < -0.39 is 39.7 Å². The minimum absolute atomic E-state index is 0.0337. The summed E-state index contributed by atoms with van der Waals surface area (Å²) >= 11 is 0. The molecule has 1 heterocycles. The maximum atomic E-state index is 14.0. The fourth-order valence-corrected chi connectivity index (χ4v) is 6.18. The van der Waals surface area contributed by atoms with Crippen LogP contribution in [-0.2, 0) is 19.6 Å². The van der Waals surface area contributed by atoms with Gasteiger partial charge in [-0.3, -0.25) is 14.5 Å². The molecule has 9 heteroatoms. The first-order chi connectivity index (χ1) is 15.7. The molecule has 7 nitrogen and oxygen atoms in total. The highest BCUT2D eigenvalue weighted by Gasteiger charge is 2.51. The molecule has 33 heavy (non-hydrogen) atoms. The minimum Gasteiger partial charge on any atom is -0.351 e. The predicted molar refractivity (Wildman–Crippen MR) is 123 cm³/mol. The number of nitrogens with one attached hydrogen (secondary N) is 1. The van der Waals surface area contributed by atoms with Crippen molar-refractivity contribution < 1.29 is 22.4 Å². The number of piperazine rings is 1. The van der Waals surface area contributed by atoms with E-state index in [1.54, 1.807) is 31.2 Å². The lowest BCUT2D eigenvalue weighted by molar-refractivity contribution is -0.133. The van der Waals surface area contributed by atoms with E-state index in [0.29, 0.717) is 0 Å². The highest BCUT2D eigenvalue weighted by molar-refractivity contribution is 7.89. The smallest absolute Gasteiger partial charge is 0.247 e. The first-order valence-corrected chi connectivity index (χ1v) is 12.6. The number of amides is 2. The van der Waals surface area contributed by atoms with Crippen molar-refractivity contribution in [3.05, 3.63) is 60.4 Å². The van der Waals surface area contributed by atoms with Crippen molar-refractivity contribution in [3.8, 4) is 0 Å². The molecule has 1 atom stereocenters. The first-order valence-electron chi connectivity index (χ1n) is 11.2. The highest BCUT2D eigenvalue weighted by Crippen LogP contribution is 2.33. The van der Waals surface area contributed by atoms with Gasteiger partial charge in [-0.05, 0) is 50.1 Å². The van der Waals surface area contributed by atoms with Crippen molar-refractivity contribution >= 4 is 27.5 Å². The van der Waals surface area contributed by atoms with Gasteiger partial charge in [0.05, 0.1) is 11.4 Å². The molecule has 2 aromatic carbocycles. The van der Waals surface area contributed by atoms with E-state index in [9.17, 15) is 22.4 Å². The van der Waals surface area contributed by atoms with Crippen LogP contribution in [0, 0.1) is 5.82 Å². The van der Waals surface area contributed by atoms with Crippen molar-refractivity contribution in [2.45, 2.75) is 55.5 Å². The molecule has 0 spiro atoms. The van der Waals surface area contributed by atoms with Gasteiger partial charge in [-0.2, -0.15) is 4.31 Å². The Bertz CT molecular complexity index is 1140. The monoisotopic (exact) mass is 473 g/mol. The van der Waals surface area contributed by atoms with Crippen LogP contribution in [-0.4, -0.2) is 49.2 Å². The van der Waals surface area contributed by atoms with E-state index in [1.165, 1.54) is 35.2 Å². The van der Waals surface area contributed by atoms with Gasteiger partial charge in [-0.25, -0.2) is 12.8 Å². The van der Waals surface area contributed by atoms with Gasteiger partial charge in [0.2, 0.25) is 21.8 Å². The largest absolute Gasteiger partial charge is 0.351 e. The van der Waals surface area contributed by atoms with E-state index in [1.807, 2.05) is 0 Å². The summed E-state index contributed by atoms with van der Waals surface area (Å²) in [6.45, 7) is 0.853. The average molecular weight is 474 g/mol. The van der Waals surface area contributed by atoms with E-state index in [0.717, 1.165) is 36.4 Å². The normalized spacial score (nSPS) is 22.8. The number of carbonyl (C=O) groups is 2. The lowest BCUT2D eigenvalue weighted by Crippen LogP contribution is -2.70. The van der Waals surface area contributed by atoms with Gasteiger partial charge < -0.3 is 5.32 Å². The van der Waals surface area contributed by atoms with Crippen LogP contribution in [0.3, 0.4) is 0 Å². The zero-order valence-electron chi connectivity index (χ0n) is 18.5. The number of hydrogen-bond acceptors (Lipinski definition) is 4. The number of halogens is 1. The molecule has 0 bridgehead atoms. The summed E-state index contributed by atoms with van der Waals surface area (Å²) in [5.74, 6) is -1.58. The quantitative estimate of drug-likeness (QED) is 0.723. The third-order valence-corrected chi connectivity index (χ3v) is 8.22. The Labute approximate surface area is 193 Å². The molecule has 0 aromatic heterocycles. The third kappa shape index (κ3) is 4.65. The van der Waals surface area contributed by atoms with Crippen LogP contribution in [0.15, 0.2) is 59.5 Å². The van der Waals surface area contributed by atoms with Gasteiger partial charge in [-0.15, -0.1) is 0 Å². The van der Waals surface area contributed by atoms with Crippen LogP contribution < -0.4 is 10.2 Å². The number of benzene rings is 2. The Balaban J connectivity index is 1.72. The number of anilines is 1. The van der Waals surface area contributed by atoms with Gasteiger partial charge in [0, 0.05) is 18.3 Å². The zero-order chi connectivity index (χ0) is 23.6. The summed E-state index contributed by atoms with van der Waals surface area (Å²) in [6, 6.07) is 13.2. The molecule has 1 saturated heterocycles. The van der Waals surface area contributed by atoms with Gasteiger partial charge in [0.1, 0.15) is 11.4 Å². The summed E-state index contributed by atoms with van der Waals surface area (Å²) in [7, 11) is -4.01. The molecule has 1 aliphatic heterocycles. The molecule has 2 amide bonds. The van der Waals surface area contributed by atoms with Crippen LogP contribution in [0.25, 0.3) is 0 Å². The molecule has 0 unspecified atom stereocenters. The number of sulfonamides is 1. The van der Waals surface area contributed by atoms with Crippen molar-refractivity contribution in [1.82, 2.24) is 9.62 Å². The second kappa shape index (κ2) is 9.23. The van der Waals surface area contributed by atoms with Crippen LogP contribution in [0.5, 0.6) is 0 Å². The molecule has 2 aliphatic rings. The molecule has 4 rings (SSSR count). The zero-order valence-corrected chi connectivity index (χ0v) is 19.4. The molecule has 1 aliphatic carbocycles. The van der Waals surface area contributed by atoms with Gasteiger partial charge in [0.15, 0.2) is 0 Å². The second-order valence-corrected chi connectivity index (χ2v) is 10.8. The van der Waals surface area contributed by atoms with Gasteiger partial charge >= 0.3 is 0 Å². The summed E-state index contributed by atoms with van der Waals surface area (Å²) in [6.07, 6.45) is 4.79. The number of carbonyl (C=O) groups excluding carboxylic acids is 2. The molecule has 1 saturated carbocycles. The van der Waals surface area contributed by atoms with Crippen LogP contribution in [0.4, 0.5) is 10.1 Å². The van der Waals surface area contributed by atoms with E-state index in [4.69, 9.17) is 0 Å². The van der Waals surface area contributed by atoms with Crippen molar-refractivity contribution in [3.63, 3.8) is 0 Å². The minimum atomic E-state index is -4.01. The Morgan fingerprint density at radius 3 is 2.42 bits per heavy atom. The van der Waals surface area contributed by atoms with Crippen molar-refractivity contribution in [1.29, 1.82) is 0 Å². The fraction of sp³-hybridized carbons (Fsp3) is 0.417. The summed E-state index contributed by atoms with van der Waals surface area (Å²) in [5.41, 5.74) is -1.33. The maximum absolute atomic E-state index is 14.0. The Kier molecular flexibility index (Phi) is 6.54. The Morgan fingerprint density at radius 2 is 1.76 bits per heavy atom. The van der Waals surface area contributed by atoms with Crippen molar-refractivity contribution in [2.75, 3.05) is 18.0 Å². The van der Waals surface area contributed by atoms with Gasteiger partial charge in [0.25, 0.3) is 0 Å². The molecular formula is C24H28FN3O4S. The van der Waals surface area contributed by atoms with E-state index in [2.05, 4.69) is 5.32 Å². The summed E-state index contributed by atoms with van der Waals surface area (Å²) < 4.78 is 41.6. The number of hydrogen-bond donors (Lipinski definition) is 1. The van der Waals surface area contributed by atoms with Crippen molar-refractivity contribution in [2.24, 2.45) is 0 Å². The fourth-order valence-electron chi connectivity index (χ4n) is 4.68. The molecule has 2 aromatic rings. The first kappa shape index (κ1) is 23.4. The molecular weight excluding hydrogens is 445 g/mol. The highest BCUT2D eigenvalue weighted by atomic mass is 32.2. The summed E-state index contributed by atoms with van der Waals surface area (Å²) in [5, 5.41) is 3.03. The summed E-state index contributed by atoms with van der Waals surface area (Å²) in [4.78, 5) is 28.2. The molecule has 0 radical (unpaired) electrons. The third-order valence-electron chi connectivity index (χ3n) is 6.42.